The number of halogens is 1. The highest BCUT2D eigenvalue weighted by Gasteiger charge is 2.13. The maximum absolute atomic E-state index is 9.46. The van der Waals surface area contributed by atoms with E-state index in [0.717, 1.165) is 39.7 Å². The van der Waals surface area contributed by atoms with Gasteiger partial charge in [-0.25, -0.2) is 0 Å². The molecule has 3 rings (SSSR count). The molecule has 0 aliphatic heterocycles. The number of hydrogen-bond acceptors (Lipinski definition) is 5. The topological polar surface area (TPSA) is 67.2 Å². The first-order valence-corrected chi connectivity index (χ1v) is 9.97. The minimum atomic E-state index is 0.448. The monoisotopic (exact) mass is 409 g/mol. The fraction of sp³-hybridized carbons (Fsp3) is 0.304. The Balaban J connectivity index is 2.04. The van der Waals surface area contributed by atoms with Crippen LogP contribution in [0.5, 0.6) is 5.75 Å². The van der Waals surface area contributed by atoms with Gasteiger partial charge in [-0.2, -0.15) is 5.26 Å². The predicted octanol–water partition coefficient (Wildman–Crippen LogP) is 5.48. The lowest BCUT2D eigenvalue weighted by Gasteiger charge is -2.17. The molecule has 0 unspecified atom stereocenters. The highest BCUT2D eigenvalue weighted by atomic mass is 35.5. The summed E-state index contributed by atoms with van der Waals surface area (Å²) in [5, 5.41) is 14.5. The van der Waals surface area contributed by atoms with Crippen molar-refractivity contribution in [2.75, 3.05) is 19.0 Å². The molecule has 5 nitrogen and oxygen atoms in total. The van der Waals surface area contributed by atoms with E-state index >= 15 is 0 Å². The lowest BCUT2D eigenvalue weighted by molar-refractivity contribution is 0.134. The number of anilines is 1. The third kappa shape index (κ3) is 4.61. The quantitative estimate of drug-likeness (QED) is 0.533. The first-order chi connectivity index (χ1) is 14.1. The van der Waals surface area contributed by atoms with Gasteiger partial charge >= 0.3 is 0 Å². The summed E-state index contributed by atoms with van der Waals surface area (Å²) in [6.45, 7) is 5.66. The lowest BCUT2D eigenvalue weighted by atomic mass is 10.0. The Labute approximate surface area is 176 Å². The van der Waals surface area contributed by atoms with E-state index in [2.05, 4.69) is 23.3 Å². The molecular formula is C23H24ClN3O2. The van der Waals surface area contributed by atoms with E-state index in [1.54, 1.807) is 7.11 Å². The number of rotatable bonds is 8. The third-order valence-corrected chi connectivity index (χ3v) is 5.08. The van der Waals surface area contributed by atoms with Crippen LogP contribution < -0.4 is 10.1 Å². The van der Waals surface area contributed by atoms with Crippen molar-refractivity contribution in [3.05, 3.63) is 63.8 Å². The Bertz CT molecular complexity index is 1060. The van der Waals surface area contributed by atoms with Gasteiger partial charge in [0.15, 0.2) is 0 Å². The Morgan fingerprint density at radius 3 is 2.66 bits per heavy atom. The Hall–Kier alpha value is -2.81. The molecule has 0 atom stereocenters. The summed E-state index contributed by atoms with van der Waals surface area (Å²) >= 11 is 6.27. The van der Waals surface area contributed by atoms with Crippen molar-refractivity contribution in [3.63, 3.8) is 0 Å². The molecule has 2 aromatic carbocycles. The number of methoxy groups -OCH3 is 1. The summed E-state index contributed by atoms with van der Waals surface area (Å²) in [6.07, 6.45) is 2.66. The minimum absolute atomic E-state index is 0.448. The van der Waals surface area contributed by atoms with E-state index in [0.29, 0.717) is 36.1 Å². The summed E-state index contributed by atoms with van der Waals surface area (Å²) in [6, 6.07) is 11.8. The predicted molar refractivity (Wildman–Crippen MR) is 116 cm³/mol. The molecule has 0 spiro atoms. The number of aromatic nitrogens is 1. The van der Waals surface area contributed by atoms with Crippen molar-refractivity contribution in [1.29, 1.82) is 5.26 Å². The molecule has 150 valence electrons. The first kappa shape index (κ1) is 20.9. The normalized spacial score (nSPS) is 10.7. The second kappa shape index (κ2) is 9.60. The summed E-state index contributed by atoms with van der Waals surface area (Å²) in [4.78, 5) is 4.67. The van der Waals surface area contributed by atoms with Gasteiger partial charge in [0.05, 0.1) is 41.6 Å². The number of fused-ring (bicyclic) bond motifs is 1. The summed E-state index contributed by atoms with van der Waals surface area (Å²) in [5.41, 5.74) is 5.49. The summed E-state index contributed by atoms with van der Waals surface area (Å²) in [7, 11) is 1.60. The number of aryl methyl sites for hydroxylation is 1. The van der Waals surface area contributed by atoms with Gasteiger partial charge in [0.2, 0.25) is 0 Å². The minimum Gasteiger partial charge on any atom is -0.495 e. The number of hydrogen-bond donors (Lipinski definition) is 1. The van der Waals surface area contributed by atoms with Crippen LogP contribution in [0.1, 0.15) is 36.1 Å². The number of benzene rings is 2. The molecule has 1 aromatic heterocycles. The molecule has 1 N–H and O–H groups in total. The fourth-order valence-electron chi connectivity index (χ4n) is 3.29. The number of nitrogens with zero attached hydrogens (tertiary/aromatic N) is 2. The number of nitriles is 1. The van der Waals surface area contributed by atoms with Crippen LogP contribution in [0, 0.1) is 11.3 Å². The van der Waals surface area contributed by atoms with Gasteiger partial charge in [-0.3, -0.25) is 4.98 Å². The molecule has 0 radical (unpaired) electrons. The molecule has 29 heavy (non-hydrogen) atoms. The molecule has 0 bridgehead atoms. The van der Waals surface area contributed by atoms with Gasteiger partial charge < -0.3 is 14.8 Å². The number of pyridine rings is 1. The van der Waals surface area contributed by atoms with E-state index in [9.17, 15) is 5.26 Å². The van der Waals surface area contributed by atoms with Crippen molar-refractivity contribution < 1.29 is 9.47 Å². The van der Waals surface area contributed by atoms with E-state index in [-0.39, 0.29) is 0 Å². The Kier molecular flexibility index (Phi) is 6.92. The zero-order valence-corrected chi connectivity index (χ0v) is 17.6. The molecule has 0 fully saturated rings. The van der Waals surface area contributed by atoms with E-state index in [4.69, 9.17) is 21.1 Å². The van der Waals surface area contributed by atoms with E-state index in [1.807, 2.05) is 43.5 Å². The number of ether oxygens (including phenoxy) is 2. The van der Waals surface area contributed by atoms with Gasteiger partial charge in [0.25, 0.3) is 0 Å². The second-order valence-corrected chi connectivity index (χ2v) is 7.02. The zero-order chi connectivity index (χ0) is 20.8. The van der Waals surface area contributed by atoms with Gasteiger partial charge in [-0.05, 0) is 48.7 Å². The molecule has 1 heterocycles. The fourth-order valence-corrected chi connectivity index (χ4v) is 3.57. The molecule has 6 heteroatoms. The molecule has 0 saturated heterocycles. The number of nitrogens with one attached hydrogen (secondary N) is 1. The van der Waals surface area contributed by atoms with Gasteiger partial charge in [-0.1, -0.05) is 24.6 Å². The van der Waals surface area contributed by atoms with Crippen LogP contribution in [0.15, 0.2) is 36.5 Å². The van der Waals surface area contributed by atoms with Crippen molar-refractivity contribution in [2.45, 2.75) is 33.4 Å². The highest BCUT2D eigenvalue weighted by molar-refractivity contribution is 6.32. The molecular weight excluding hydrogens is 386 g/mol. The van der Waals surface area contributed by atoms with Crippen LogP contribution in [0.2, 0.25) is 5.02 Å². The molecule has 0 aliphatic rings. The smallest absolute Gasteiger partial charge is 0.137 e. The van der Waals surface area contributed by atoms with Crippen LogP contribution in [-0.4, -0.2) is 18.7 Å². The van der Waals surface area contributed by atoms with Crippen molar-refractivity contribution in [3.8, 4) is 11.8 Å². The largest absolute Gasteiger partial charge is 0.495 e. The average molecular weight is 410 g/mol. The Morgan fingerprint density at radius 1 is 1.17 bits per heavy atom. The van der Waals surface area contributed by atoms with Crippen LogP contribution in [0.25, 0.3) is 10.9 Å². The summed E-state index contributed by atoms with van der Waals surface area (Å²) in [5.74, 6) is 0.646. The van der Waals surface area contributed by atoms with Gasteiger partial charge in [0, 0.05) is 30.3 Å². The van der Waals surface area contributed by atoms with E-state index in [1.165, 1.54) is 0 Å². The van der Waals surface area contributed by atoms with Crippen molar-refractivity contribution in [1.82, 2.24) is 4.98 Å². The SMILES string of the molecule is CCOCc1cnc2c(CC)cc(C#N)cc2c1NCc1ccc(OC)c(Cl)c1. The second-order valence-electron chi connectivity index (χ2n) is 6.61. The van der Waals surface area contributed by atoms with Crippen molar-refractivity contribution in [2.24, 2.45) is 0 Å². The van der Waals surface area contributed by atoms with Crippen LogP contribution in [-0.2, 0) is 24.3 Å². The lowest BCUT2D eigenvalue weighted by Crippen LogP contribution is -2.06. The Morgan fingerprint density at radius 2 is 2.00 bits per heavy atom. The molecule has 3 aromatic rings. The van der Waals surface area contributed by atoms with Crippen LogP contribution in [0.3, 0.4) is 0 Å². The zero-order valence-electron chi connectivity index (χ0n) is 16.9. The standard InChI is InChI=1S/C23H24ClN3O2/c1-4-17-8-16(11-25)9-19-22(17)27-13-18(14-29-5-2)23(19)26-12-15-6-7-21(28-3)20(24)10-15/h6-10,13H,4-5,12,14H2,1-3H3,(H,26,27). The molecule has 0 aliphatic carbocycles. The highest BCUT2D eigenvalue weighted by Crippen LogP contribution is 2.31. The average Bonchev–Trinajstić information content (AvgIpc) is 2.75. The van der Waals surface area contributed by atoms with Crippen LogP contribution in [0.4, 0.5) is 5.69 Å². The third-order valence-electron chi connectivity index (χ3n) is 4.79. The van der Waals surface area contributed by atoms with Crippen molar-refractivity contribution >= 4 is 28.2 Å². The van der Waals surface area contributed by atoms with Gasteiger partial charge in [0.1, 0.15) is 5.75 Å². The maximum Gasteiger partial charge on any atom is 0.137 e. The summed E-state index contributed by atoms with van der Waals surface area (Å²) < 4.78 is 10.9. The van der Waals surface area contributed by atoms with Gasteiger partial charge in [-0.15, -0.1) is 0 Å². The van der Waals surface area contributed by atoms with E-state index < -0.39 is 0 Å². The molecule has 0 saturated carbocycles. The first-order valence-electron chi connectivity index (χ1n) is 9.59. The maximum atomic E-state index is 9.46. The van der Waals surface area contributed by atoms with Crippen LogP contribution >= 0.6 is 11.6 Å². The molecule has 0 amide bonds.